The van der Waals surface area contributed by atoms with E-state index >= 15 is 0 Å². The van der Waals surface area contributed by atoms with Gasteiger partial charge >= 0.3 is 0 Å². The summed E-state index contributed by atoms with van der Waals surface area (Å²) >= 11 is 0. The zero-order valence-electron chi connectivity index (χ0n) is 16.3. The molecular weight excluding hydrogens is 360 g/mol. The highest BCUT2D eigenvalue weighted by Crippen LogP contribution is 2.60. The molecule has 0 unspecified atom stereocenters. The topological polar surface area (TPSA) is 60.9 Å². The Morgan fingerprint density at radius 3 is 2.11 bits per heavy atom. The van der Waals surface area contributed by atoms with Crippen molar-refractivity contribution in [3.8, 4) is 0 Å². The van der Waals surface area contributed by atoms with E-state index in [-0.39, 0.29) is 18.6 Å². The quantitative estimate of drug-likeness (QED) is 0.740. The van der Waals surface area contributed by atoms with Gasteiger partial charge in [-0.25, -0.2) is 0 Å². The molecule has 5 nitrogen and oxygen atoms in total. The maximum absolute atomic E-state index is 13.3. The summed E-state index contributed by atoms with van der Waals surface area (Å²) in [4.78, 5) is 0. The lowest BCUT2D eigenvalue weighted by atomic mass is 9.49. The lowest BCUT2D eigenvalue weighted by Gasteiger charge is -2.57. The Balaban J connectivity index is 1.51. The van der Waals surface area contributed by atoms with Crippen LogP contribution in [0, 0.1) is 23.2 Å². The van der Waals surface area contributed by atoms with Crippen molar-refractivity contribution in [3.63, 3.8) is 0 Å². The molecule has 0 atom stereocenters. The first kappa shape index (κ1) is 19.4. The van der Waals surface area contributed by atoms with Crippen LogP contribution in [0.15, 0.2) is 30.3 Å². The van der Waals surface area contributed by atoms with E-state index in [9.17, 15) is 13.5 Å². The summed E-state index contributed by atoms with van der Waals surface area (Å²) in [6.45, 7) is 0.971. The third-order valence-electron chi connectivity index (χ3n) is 6.99. The highest BCUT2D eigenvalue weighted by molar-refractivity contribution is 7.86. The summed E-state index contributed by atoms with van der Waals surface area (Å²) in [5.41, 5.74) is 1.10. The average Bonchev–Trinajstić information content (AvgIpc) is 2.61. The van der Waals surface area contributed by atoms with Crippen LogP contribution in [-0.2, 0) is 16.8 Å². The molecule has 5 rings (SSSR count). The molecule has 0 heterocycles. The highest BCUT2D eigenvalue weighted by Gasteiger charge is 2.52. The number of hydrogen-bond acceptors (Lipinski definition) is 3. The second kappa shape index (κ2) is 7.47. The van der Waals surface area contributed by atoms with Crippen molar-refractivity contribution in [1.82, 2.24) is 8.61 Å². The molecule has 1 N–H and O–H groups in total. The number of aliphatic hydroxyl groups is 1. The molecule has 6 heteroatoms. The summed E-state index contributed by atoms with van der Waals surface area (Å²) in [6, 6.07) is 9.68. The molecular formula is C21H32N2O3S. The van der Waals surface area contributed by atoms with E-state index in [0.29, 0.717) is 13.1 Å². The maximum Gasteiger partial charge on any atom is 0.282 e. The molecule has 0 aliphatic heterocycles. The third-order valence-corrected chi connectivity index (χ3v) is 8.88. The Kier molecular flexibility index (Phi) is 5.36. The van der Waals surface area contributed by atoms with Gasteiger partial charge in [0.25, 0.3) is 10.2 Å². The van der Waals surface area contributed by atoms with Crippen LogP contribution < -0.4 is 0 Å². The van der Waals surface area contributed by atoms with Crippen LogP contribution >= 0.6 is 0 Å². The van der Waals surface area contributed by atoms with Gasteiger partial charge in [-0.2, -0.15) is 17.0 Å². The fourth-order valence-corrected chi connectivity index (χ4v) is 7.82. The van der Waals surface area contributed by atoms with Crippen LogP contribution in [0.4, 0.5) is 0 Å². The fraction of sp³-hybridized carbons (Fsp3) is 0.714. The molecule has 4 bridgehead atoms. The molecule has 0 spiro atoms. The summed E-state index contributed by atoms with van der Waals surface area (Å²) in [5, 5.41) is 9.56. The Labute approximate surface area is 163 Å². The standard InChI is InChI=1S/C21H32N2O3S/c1-22(15-17-5-3-2-4-6-17)27(25,26)23(7-8-24)16-21-12-18-9-19(13-21)11-20(10-18)14-21/h2-6,18-20,24H,7-16H2,1H3. The van der Waals surface area contributed by atoms with Crippen molar-refractivity contribution in [3.05, 3.63) is 35.9 Å². The largest absolute Gasteiger partial charge is 0.395 e. The SMILES string of the molecule is CN(Cc1ccccc1)S(=O)(=O)N(CCO)CC12CC3CC(CC(C3)C1)C2. The molecule has 0 aromatic heterocycles. The van der Waals surface area contributed by atoms with E-state index in [1.54, 1.807) is 11.4 Å². The fourth-order valence-electron chi connectivity index (χ4n) is 6.36. The zero-order chi connectivity index (χ0) is 19.1. The van der Waals surface area contributed by atoms with Crippen molar-refractivity contribution in [2.45, 2.75) is 45.1 Å². The van der Waals surface area contributed by atoms with Crippen LogP contribution in [0.3, 0.4) is 0 Å². The van der Waals surface area contributed by atoms with Crippen molar-refractivity contribution >= 4 is 10.2 Å². The Morgan fingerprint density at radius 2 is 1.59 bits per heavy atom. The molecule has 0 saturated heterocycles. The van der Waals surface area contributed by atoms with Crippen molar-refractivity contribution in [2.75, 3.05) is 26.7 Å². The number of benzene rings is 1. The van der Waals surface area contributed by atoms with Crippen molar-refractivity contribution in [1.29, 1.82) is 0 Å². The Morgan fingerprint density at radius 1 is 1.04 bits per heavy atom. The molecule has 27 heavy (non-hydrogen) atoms. The van der Waals surface area contributed by atoms with E-state index in [1.807, 2.05) is 30.3 Å². The molecule has 150 valence electrons. The van der Waals surface area contributed by atoms with Crippen LogP contribution in [0.25, 0.3) is 0 Å². The third kappa shape index (κ3) is 3.95. The molecule has 4 saturated carbocycles. The monoisotopic (exact) mass is 392 g/mol. The predicted octanol–water partition coefficient (Wildman–Crippen LogP) is 2.87. The Bertz CT molecular complexity index is 715. The maximum atomic E-state index is 13.3. The van der Waals surface area contributed by atoms with Gasteiger partial charge in [0.05, 0.1) is 6.61 Å². The number of aliphatic hydroxyl groups excluding tert-OH is 1. The van der Waals surface area contributed by atoms with Gasteiger partial charge in [-0.3, -0.25) is 0 Å². The summed E-state index contributed by atoms with van der Waals surface area (Å²) < 4.78 is 29.6. The van der Waals surface area contributed by atoms with Crippen LogP contribution in [0.2, 0.25) is 0 Å². The van der Waals surface area contributed by atoms with E-state index < -0.39 is 10.2 Å². The first-order valence-corrected chi connectivity index (χ1v) is 11.7. The lowest BCUT2D eigenvalue weighted by Crippen LogP contribution is -2.54. The second-order valence-electron chi connectivity index (χ2n) is 9.22. The molecule has 4 fully saturated rings. The van der Waals surface area contributed by atoms with Gasteiger partial charge in [-0.15, -0.1) is 0 Å². The van der Waals surface area contributed by atoms with Crippen LogP contribution in [0.5, 0.6) is 0 Å². The van der Waals surface area contributed by atoms with Crippen LogP contribution in [-0.4, -0.2) is 48.9 Å². The smallest absolute Gasteiger partial charge is 0.282 e. The van der Waals surface area contributed by atoms with Gasteiger partial charge in [-0.1, -0.05) is 30.3 Å². The molecule has 0 amide bonds. The van der Waals surface area contributed by atoms with Crippen molar-refractivity contribution < 1.29 is 13.5 Å². The summed E-state index contributed by atoms with van der Waals surface area (Å²) in [6.07, 6.45) is 7.54. The number of nitrogens with zero attached hydrogens (tertiary/aromatic N) is 2. The van der Waals surface area contributed by atoms with Gasteiger partial charge in [0.15, 0.2) is 0 Å². The van der Waals surface area contributed by atoms with E-state index in [0.717, 1.165) is 23.3 Å². The molecule has 0 radical (unpaired) electrons. The number of hydrogen-bond donors (Lipinski definition) is 1. The lowest BCUT2D eigenvalue weighted by molar-refractivity contribution is -0.0612. The first-order chi connectivity index (χ1) is 12.9. The van der Waals surface area contributed by atoms with Gasteiger partial charge in [-0.05, 0) is 67.3 Å². The van der Waals surface area contributed by atoms with E-state index in [1.165, 1.54) is 42.8 Å². The summed E-state index contributed by atoms with van der Waals surface area (Å²) in [7, 11) is -1.95. The molecule has 1 aromatic rings. The molecule has 4 aliphatic rings. The normalized spacial score (nSPS) is 32.5. The van der Waals surface area contributed by atoms with Gasteiger partial charge in [0.1, 0.15) is 0 Å². The van der Waals surface area contributed by atoms with Gasteiger partial charge < -0.3 is 5.11 Å². The highest BCUT2D eigenvalue weighted by atomic mass is 32.2. The Hall–Kier alpha value is -0.950. The van der Waals surface area contributed by atoms with E-state index in [4.69, 9.17) is 0 Å². The minimum Gasteiger partial charge on any atom is -0.395 e. The zero-order valence-corrected chi connectivity index (χ0v) is 17.1. The average molecular weight is 393 g/mol. The molecule has 1 aromatic carbocycles. The van der Waals surface area contributed by atoms with Crippen LogP contribution in [0.1, 0.15) is 44.1 Å². The second-order valence-corrected chi connectivity index (χ2v) is 11.3. The number of rotatable bonds is 8. The molecule has 4 aliphatic carbocycles. The van der Waals surface area contributed by atoms with Gasteiger partial charge in [0, 0.05) is 26.7 Å². The minimum atomic E-state index is -3.60. The summed E-state index contributed by atoms with van der Waals surface area (Å²) in [5.74, 6) is 2.37. The predicted molar refractivity (Wildman–Crippen MR) is 106 cm³/mol. The van der Waals surface area contributed by atoms with E-state index in [2.05, 4.69) is 0 Å². The minimum absolute atomic E-state index is 0.130. The van der Waals surface area contributed by atoms with Gasteiger partial charge in [0.2, 0.25) is 0 Å². The first-order valence-electron chi connectivity index (χ1n) is 10.3. The van der Waals surface area contributed by atoms with Crippen molar-refractivity contribution in [2.24, 2.45) is 23.2 Å².